The van der Waals surface area contributed by atoms with Gasteiger partial charge >= 0.3 is 5.97 Å². The van der Waals surface area contributed by atoms with E-state index in [9.17, 15) is 4.79 Å². The molecule has 3 saturated carbocycles. The third-order valence-electron chi connectivity index (χ3n) is 8.04. The largest absolute Gasteiger partial charge is 0.462 e. The summed E-state index contributed by atoms with van der Waals surface area (Å²) in [4.78, 5) is 12.7. The van der Waals surface area contributed by atoms with Crippen molar-refractivity contribution >= 4 is 5.97 Å². The zero-order chi connectivity index (χ0) is 18.7. The van der Waals surface area contributed by atoms with Crippen molar-refractivity contribution in [2.75, 3.05) is 6.61 Å². The number of rotatable bonds is 4. The standard InChI is InChI=1S/C26H26O2/c27-26(20-8-4-7-17(11-20)16-5-2-1-3-6-16)28-15-22-13-21-14-23(22)25-19-10-9-18(12-19)24(21)25/h1-11,18-19,21-25H,12-15H2. The Labute approximate surface area is 166 Å². The van der Waals surface area contributed by atoms with Crippen molar-refractivity contribution in [3.8, 4) is 11.1 Å². The lowest BCUT2D eigenvalue weighted by Gasteiger charge is -2.36. The summed E-state index contributed by atoms with van der Waals surface area (Å²) >= 11 is 0. The van der Waals surface area contributed by atoms with E-state index in [4.69, 9.17) is 4.74 Å². The first-order valence-electron chi connectivity index (χ1n) is 10.8. The average molecular weight is 370 g/mol. The van der Waals surface area contributed by atoms with Gasteiger partial charge in [-0.25, -0.2) is 4.79 Å². The molecule has 142 valence electrons. The van der Waals surface area contributed by atoms with Gasteiger partial charge < -0.3 is 4.74 Å². The second kappa shape index (κ2) is 6.34. The second-order valence-corrected chi connectivity index (χ2v) is 9.30. The van der Waals surface area contributed by atoms with E-state index in [2.05, 4.69) is 24.3 Å². The normalized spacial score (nSPS) is 36.6. The summed E-state index contributed by atoms with van der Waals surface area (Å²) in [5, 5.41) is 0. The molecule has 0 heterocycles. The van der Waals surface area contributed by atoms with Crippen LogP contribution in [0.3, 0.4) is 0 Å². The molecule has 28 heavy (non-hydrogen) atoms. The number of fused-ring (bicyclic) bond motifs is 9. The van der Waals surface area contributed by atoms with E-state index in [0.717, 1.165) is 46.6 Å². The van der Waals surface area contributed by atoms with E-state index in [1.165, 1.54) is 19.3 Å². The number of ether oxygens (including phenoxy) is 1. The summed E-state index contributed by atoms with van der Waals surface area (Å²) in [5.41, 5.74) is 2.84. The highest BCUT2D eigenvalue weighted by atomic mass is 16.5. The minimum Gasteiger partial charge on any atom is -0.462 e. The molecule has 4 aliphatic rings. The summed E-state index contributed by atoms with van der Waals surface area (Å²) in [6.07, 6.45) is 8.99. The first-order chi connectivity index (χ1) is 13.8. The maximum absolute atomic E-state index is 12.7. The highest BCUT2D eigenvalue weighted by Crippen LogP contribution is 2.66. The third-order valence-corrected chi connectivity index (χ3v) is 8.04. The molecule has 2 heteroatoms. The van der Waals surface area contributed by atoms with Crippen LogP contribution in [0.1, 0.15) is 29.6 Å². The van der Waals surface area contributed by atoms with Gasteiger partial charge in [-0.1, -0.05) is 54.6 Å². The zero-order valence-electron chi connectivity index (χ0n) is 16.0. The van der Waals surface area contributed by atoms with E-state index in [0.29, 0.717) is 18.1 Å². The van der Waals surface area contributed by atoms with E-state index >= 15 is 0 Å². The molecule has 6 rings (SSSR count). The van der Waals surface area contributed by atoms with Crippen molar-refractivity contribution in [1.82, 2.24) is 0 Å². The molecule has 2 aromatic rings. The number of hydrogen-bond donors (Lipinski definition) is 0. The molecular weight excluding hydrogens is 344 g/mol. The quantitative estimate of drug-likeness (QED) is 0.397. The lowest BCUT2D eigenvalue weighted by atomic mass is 9.69. The van der Waals surface area contributed by atoms with Crippen molar-refractivity contribution in [2.45, 2.75) is 19.3 Å². The maximum Gasteiger partial charge on any atom is 0.338 e. The van der Waals surface area contributed by atoms with Crippen molar-refractivity contribution in [2.24, 2.45) is 41.4 Å². The van der Waals surface area contributed by atoms with Crippen LogP contribution in [-0.4, -0.2) is 12.6 Å². The van der Waals surface area contributed by atoms with E-state index in [1.807, 2.05) is 42.5 Å². The van der Waals surface area contributed by atoms with Crippen LogP contribution < -0.4 is 0 Å². The Morgan fingerprint density at radius 1 is 0.857 bits per heavy atom. The van der Waals surface area contributed by atoms with Gasteiger partial charge in [0.15, 0.2) is 0 Å². The van der Waals surface area contributed by atoms with E-state index in [-0.39, 0.29) is 5.97 Å². The molecule has 0 saturated heterocycles. The molecule has 3 fully saturated rings. The molecule has 2 nitrogen and oxygen atoms in total. The number of benzene rings is 2. The SMILES string of the molecule is O=C(OCC1CC2CC1C1C3C=CC(C3)C21)c1cccc(-c2ccccc2)c1. The van der Waals surface area contributed by atoms with Crippen LogP contribution in [0.4, 0.5) is 0 Å². The monoisotopic (exact) mass is 370 g/mol. The van der Waals surface area contributed by atoms with Gasteiger partial charge in [0.25, 0.3) is 0 Å². The van der Waals surface area contributed by atoms with Gasteiger partial charge in [0.2, 0.25) is 0 Å². The Morgan fingerprint density at radius 2 is 1.64 bits per heavy atom. The summed E-state index contributed by atoms with van der Waals surface area (Å²) in [5.74, 6) is 5.53. The van der Waals surface area contributed by atoms with Crippen LogP contribution >= 0.6 is 0 Å². The maximum atomic E-state index is 12.7. The van der Waals surface area contributed by atoms with Crippen LogP contribution in [0.2, 0.25) is 0 Å². The molecule has 4 aliphatic carbocycles. The highest BCUT2D eigenvalue weighted by molar-refractivity contribution is 5.91. The number of allylic oxidation sites excluding steroid dienone is 2. The average Bonchev–Trinajstić information content (AvgIpc) is 3.52. The van der Waals surface area contributed by atoms with E-state index < -0.39 is 0 Å². The van der Waals surface area contributed by atoms with Gasteiger partial charge in [-0.15, -0.1) is 0 Å². The molecule has 0 aromatic heterocycles. The predicted molar refractivity (Wildman–Crippen MR) is 110 cm³/mol. The molecular formula is C26H26O2. The Morgan fingerprint density at radius 3 is 2.50 bits per heavy atom. The van der Waals surface area contributed by atoms with Crippen LogP contribution in [0.15, 0.2) is 66.7 Å². The zero-order valence-corrected chi connectivity index (χ0v) is 16.0. The smallest absolute Gasteiger partial charge is 0.338 e. The number of esters is 1. The van der Waals surface area contributed by atoms with Crippen LogP contribution in [-0.2, 0) is 4.74 Å². The highest BCUT2D eigenvalue weighted by Gasteiger charge is 2.60. The number of carbonyl (C=O) groups excluding carboxylic acids is 1. The molecule has 7 atom stereocenters. The topological polar surface area (TPSA) is 26.3 Å². The Kier molecular flexibility index (Phi) is 3.75. The Bertz CT molecular complexity index is 930. The van der Waals surface area contributed by atoms with Gasteiger partial charge in [-0.3, -0.25) is 0 Å². The van der Waals surface area contributed by atoms with Crippen molar-refractivity contribution in [3.05, 3.63) is 72.3 Å². The van der Waals surface area contributed by atoms with E-state index in [1.54, 1.807) is 0 Å². The summed E-state index contributed by atoms with van der Waals surface area (Å²) in [7, 11) is 0. The van der Waals surface area contributed by atoms with Gasteiger partial charge in [0.1, 0.15) is 0 Å². The molecule has 4 bridgehead atoms. The first kappa shape index (κ1) is 16.6. The molecule has 7 unspecified atom stereocenters. The van der Waals surface area contributed by atoms with Crippen LogP contribution in [0, 0.1) is 41.4 Å². The Hall–Kier alpha value is -2.35. The summed E-state index contributed by atoms with van der Waals surface area (Å²) in [6.45, 7) is 0.597. The van der Waals surface area contributed by atoms with Gasteiger partial charge in [-0.2, -0.15) is 0 Å². The summed E-state index contributed by atoms with van der Waals surface area (Å²) < 4.78 is 5.83. The molecule has 0 radical (unpaired) electrons. The molecule has 0 N–H and O–H groups in total. The fraction of sp³-hybridized carbons (Fsp3) is 0.423. The number of hydrogen-bond acceptors (Lipinski definition) is 2. The van der Waals surface area contributed by atoms with Crippen molar-refractivity contribution in [3.63, 3.8) is 0 Å². The minimum atomic E-state index is -0.176. The molecule has 2 aromatic carbocycles. The fourth-order valence-electron chi connectivity index (χ4n) is 7.07. The lowest BCUT2D eigenvalue weighted by molar-refractivity contribution is 0.0307. The fourth-order valence-corrected chi connectivity index (χ4v) is 7.07. The predicted octanol–water partition coefficient (Wildman–Crippen LogP) is 5.60. The third kappa shape index (κ3) is 2.50. The van der Waals surface area contributed by atoms with Gasteiger partial charge in [0, 0.05) is 0 Å². The van der Waals surface area contributed by atoms with Crippen molar-refractivity contribution < 1.29 is 9.53 Å². The van der Waals surface area contributed by atoms with Crippen LogP contribution in [0.25, 0.3) is 11.1 Å². The van der Waals surface area contributed by atoms with Gasteiger partial charge in [0.05, 0.1) is 12.2 Å². The van der Waals surface area contributed by atoms with Crippen LogP contribution in [0.5, 0.6) is 0 Å². The molecule has 0 spiro atoms. The lowest BCUT2D eigenvalue weighted by Crippen LogP contribution is -2.33. The van der Waals surface area contributed by atoms with Crippen molar-refractivity contribution in [1.29, 1.82) is 0 Å². The first-order valence-corrected chi connectivity index (χ1v) is 10.8. The minimum absolute atomic E-state index is 0.176. The summed E-state index contributed by atoms with van der Waals surface area (Å²) in [6, 6.07) is 18.0. The molecule has 0 amide bonds. The van der Waals surface area contributed by atoms with Gasteiger partial charge in [-0.05, 0) is 83.9 Å². The second-order valence-electron chi connectivity index (χ2n) is 9.30. The Balaban J connectivity index is 1.13. The number of carbonyl (C=O) groups is 1. The molecule has 0 aliphatic heterocycles.